The van der Waals surface area contributed by atoms with Crippen LogP contribution in [0.5, 0.6) is 0 Å². The molecule has 0 unspecified atom stereocenters. The molecule has 1 aromatic heterocycles. The van der Waals surface area contributed by atoms with Crippen LogP contribution in [-0.4, -0.2) is 45.2 Å². The van der Waals surface area contributed by atoms with E-state index in [0.717, 1.165) is 63.6 Å². The molecule has 27 heavy (non-hydrogen) atoms. The van der Waals surface area contributed by atoms with E-state index in [-0.39, 0.29) is 18.3 Å². The first-order valence-corrected chi connectivity index (χ1v) is 9.67. The lowest BCUT2D eigenvalue weighted by molar-refractivity contribution is -0.132. The van der Waals surface area contributed by atoms with Crippen molar-refractivity contribution in [3.05, 3.63) is 47.0 Å². The van der Waals surface area contributed by atoms with Crippen LogP contribution < -0.4 is 5.32 Å². The van der Waals surface area contributed by atoms with Crippen LogP contribution in [0, 0.1) is 6.92 Å². The van der Waals surface area contributed by atoms with Crippen LogP contribution in [0.1, 0.15) is 48.0 Å². The molecule has 0 aliphatic carbocycles. The molecular formula is C20H28ClN5O. The van der Waals surface area contributed by atoms with Gasteiger partial charge in [-0.1, -0.05) is 24.3 Å². The number of nitrogens with one attached hydrogen (secondary N) is 1. The lowest BCUT2D eigenvalue weighted by atomic mass is 9.95. The Bertz CT molecular complexity index is 782. The molecule has 2 aliphatic heterocycles. The van der Waals surface area contributed by atoms with Crippen molar-refractivity contribution in [3.8, 4) is 0 Å². The number of nitrogens with zero attached hydrogens (tertiary/aromatic N) is 4. The minimum absolute atomic E-state index is 0. The number of benzene rings is 1. The summed E-state index contributed by atoms with van der Waals surface area (Å²) in [5, 5.41) is 12.1. The summed E-state index contributed by atoms with van der Waals surface area (Å²) >= 11 is 0. The van der Waals surface area contributed by atoms with E-state index in [0.29, 0.717) is 12.3 Å². The first kappa shape index (κ1) is 19.8. The second kappa shape index (κ2) is 8.85. The fourth-order valence-electron chi connectivity index (χ4n) is 4.09. The number of hydrogen-bond donors (Lipinski definition) is 1. The molecule has 0 saturated carbocycles. The Morgan fingerprint density at radius 2 is 1.96 bits per heavy atom. The van der Waals surface area contributed by atoms with Crippen molar-refractivity contribution in [2.45, 2.75) is 51.6 Å². The quantitative estimate of drug-likeness (QED) is 0.872. The van der Waals surface area contributed by atoms with E-state index in [1.165, 1.54) is 11.1 Å². The second-order valence-corrected chi connectivity index (χ2v) is 7.38. The number of rotatable bonds is 4. The van der Waals surface area contributed by atoms with E-state index in [1.807, 2.05) is 17.0 Å². The summed E-state index contributed by atoms with van der Waals surface area (Å²) in [6.07, 6.45) is 3.40. The van der Waals surface area contributed by atoms with Crippen molar-refractivity contribution in [1.29, 1.82) is 0 Å². The van der Waals surface area contributed by atoms with Gasteiger partial charge in [-0.05, 0) is 37.3 Å². The van der Waals surface area contributed by atoms with Gasteiger partial charge in [-0.25, -0.2) is 0 Å². The Labute approximate surface area is 166 Å². The van der Waals surface area contributed by atoms with E-state index in [4.69, 9.17) is 0 Å². The number of fused-ring (bicyclic) bond motifs is 1. The monoisotopic (exact) mass is 389 g/mol. The summed E-state index contributed by atoms with van der Waals surface area (Å²) in [7, 11) is 0. The van der Waals surface area contributed by atoms with Crippen LogP contribution in [0.15, 0.2) is 24.3 Å². The highest BCUT2D eigenvalue weighted by molar-refractivity contribution is 5.85. The standard InChI is InChI=1S/C20H27N5O.ClH/c1-15-4-2-3-5-16(15)6-7-19(26)24-11-8-17(9-12-24)20-23-22-18-14-21-10-13-25(18)20;/h2-5,17,21H,6-14H2,1H3;1H. The highest BCUT2D eigenvalue weighted by Gasteiger charge is 2.28. The minimum Gasteiger partial charge on any atom is -0.343 e. The van der Waals surface area contributed by atoms with Gasteiger partial charge in [0.25, 0.3) is 0 Å². The lowest BCUT2D eigenvalue weighted by Crippen LogP contribution is -2.39. The first-order valence-electron chi connectivity index (χ1n) is 9.67. The van der Waals surface area contributed by atoms with Gasteiger partial charge in [-0.15, -0.1) is 22.6 Å². The molecule has 2 aliphatic rings. The predicted octanol–water partition coefficient (Wildman–Crippen LogP) is 2.45. The number of halogens is 1. The highest BCUT2D eigenvalue weighted by atomic mass is 35.5. The molecule has 1 amide bonds. The van der Waals surface area contributed by atoms with Crippen LogP contribution in [0.4, 0.5) is 0 Å². The van der Waals surface area contributed by atoms with Gasteiger partial charge >= 0.3 is 0 Å². The molecule has 6 nitrogen and oxygen atoms in total. The van der Waals surface area contributed by atoms with E-state index >= 15 is 0 Å². The van der Waals surface area contributed by atoms with Gasteiger partial charge in [-0.2, -0.15) is 0 Å². The maximum absolute atomic E-state index is 12.6. The van der Waals surface area contributed by atoms with E-state index in [2.05, 4.69) is 39.1 Å². The average molecular weight is 390 g/mol. The SMILES string of the molecule is Cc1ccccc1CCC(=O)N1CCC(c2nnc3n2CCNC3)CC1.Cl. The number of hydrogen-bond acceptors (Lipinski definition) is 4. The maximum atomic E-state index is 12.6. The molecule has 0 spiro atoms. The van der Waals surface area contributed by atoms with E-state index in [9.17, 15) is 4.79 Å². The Morgan fingerprint density at radius 3 is 2.74 bits per heavy atom. The number of aryl methyl sites for hydroxylation is 2. The van der Waals surface area contributed by atoms with Gasteiger partial charge in [-0.3, -0.25) is 4.79 Å². The zero-order valence-corrected chi connectivity index (χ0v) is 16.7. The average Bonchev–Trinajstić information content (AvgIpc) is 3.11. The van der Waals surface area contributed by atoms with Gasteiger partial charge < -0.3 is 14.8 Å². The Hall–Kier alpha value is -1.92. The van der Waals surface area contributed by atoms with E-state index < -0.39 is 0 Å². The van der Waals surface area contributed by atoms with Crippen LogP contribution in [-0.2, 0) is 24.3 Å². The van der Waals surface area contributed by atoms with Crippen molar-refractivity contribution >= 4 is 18.3 Å². The number of aromatic nitrogens is 3. The van der Waals surface area contributed by atoms with Crippen molar-refractivity contribution in [3.63, 3.8) is 0 Å². The summed E-state index contributed by atoms with van der Waals surface area (Å²) in [6, 6.07) is 8.33. The zero-order chi connectivity index (χ0) is 17.9. The number of piperidine rings is 1. The van der Waals surface area contributed by atoms with Crippen LogP contribution in [0.3, 0.4) is 0 Å². The van der Waals surface area contributed by atoms with Gasteiger partial charge in [0.2, 0.25) is 5.91 Å². The number of likely N-dealkylation sites (tertiary alicyclic amines) is 1. The summed E-state index contributed by atoms with van der Waals surface area (Å²) in [5.41, 5.74) is 2.55. The molecule has 0 atom stereocenters. The molecule has 4 rings (SSSR count). The van der Waals surface area contributed by atoms with Crippen LogP contribution in [0.2, 0.25) is 0 Å². The van der Waals surface area contributed by atoms with Gasteiger partial charge in [0, 0.05) is 38.5 Å². The molecule has 7 heteroatoms. The first-order chi connectivity index (χ1) is 12.7. The Balaban J connectivity index is 0.00000210. The van der Waals surface area contributed by atoms with Gasteiger partial charge in [0.05, 0.1) is 6.54 Å². The maximum Gasteiger partial charge on any atom is 0.222 e. The Kier molecular flexibility index (Phi) is 6.50. The fourth-order valence-corrected chi connectivity index (χ4v) is 4.09. The summed E-state index contributed by atoms with van der Waals surface area (Å²) in [5.74, 6) is 2.87. The topological polar surface area (TPSA) is 63.1 Å². The summed E-state index contributed by atoms with van der Waals surface area (Å²) in [4.78, 5) is 14.6. The third kappa shape index (κ3) is 4.33. The normalized spacial score (nSPS) is 17.3. The smallest absolute Gasteiger partial charge is 0.222 e. The molecule has 1 N–H and O–H groups in total. The lowest BCUT2D eigenvalue weighted by Gasteiger charge is -2.32. The van der Waals surface area contributed by atoms with E-state index in [1.54, 1.807) is 0 Å². The highest BCUT2D eigenvalue weighted by Crippen LogP contribution is 2.28. The van der Waals surface area contributed by atoms with Crippen LogP contribution >= 0.6 is 12.4 Å². The molecule has 1 aromatic carbocycles. The molecule has 2 aromatic rings. The van der Waals surface area contributed by atoms with Crippen molar-refractivity contribution in [2.24, 2.45) is 0 Å². The van der Waals surface area contributed by atoms with Crippen molar-refractivity contribution in [2.75, 3.05) is 19.6 Å². The van der Waals surface area contributed by atoms with Crippen molar-refractivity contribution < 1.29 is 4.79 Å². The molecular weight excluding hydrogens is 362 g/mol. The number of carbonyl (C=O) groups is 1. The number of amides is 1. The molecule has 146 valence electrons. The number of carbonyl (C=O) groups excluding carboxylic acids is 1. The Morgan fingerprint density at radius 1 is 1.19 bits per heavy atom. The summed E-state index contributed by atoms with van der Waals surface area (Å²) in [6.45, 7) is 6.51. The van der Waals surface area contributed by atoms with Crippen LogP contribution in [0.25, 0.3) is 0 Å². The molecule has 0 radical (unpaired) electrons. The molecule has 3 heterocycles. The zero-order valence-electron chi connectivity index (χ0n) is 15.9. The van der Waals surface area contributed by atoms with Gasteiger partial charge in [0.1, 0.15) is 11.6 Å². The second-order valence-electron chi connectivity index (χ2n) is 7.38. The summed E-state index contributed by atoms with van der Waals surface area (Å²) < 4.78 is 2.27. The minimum atomic E-state index is 0. The van der Waals surface area contributed by atoms with Crippen molar-refractivity contribution in [1.82, 2.24) is 25.0 Å². The molecule has 0 bridgehead atoms. The molecule has 1 fully saturated rings. The third-order valence-electron chi connectivity index (χ3n) is 5.73. The third-order valence-corrected chi connectivity index (χ3v) is 5.73. The largest absolute Gasteiger partial charge is 0.343 e. The molecule has 1 saturated heterocycles. The van der Waals surface area contributed by atoms with Gasteiger partial charge in [0.15, 0.2) is 0 Å². The predicted molar refractivity (Wildman–Crippen MR) is 107 cm³/mol. The fraction of sp³-hybridized carbons (Fsp3) is 0.550.